The molecule has 0 saturated heterocycles. The number of hydrogen-bond acceptors (Lipinski definition) is 2. The van der Waals surface area contributed by atoms with Gasteiger partial charge >= 0.3 is 6.03 Å². The average molecular weight is 199 g/mol. The van der Waals surface area contributed by atoms with Crippen molar-refractivity contribution in [1.29, 1.82) is 0 Å². The smallest absolute Gasteiger partial charge is 0.332 e. The largest absolute Gasteiger partial charge is 0.350 e. The molecule has 0 aliphatic carbocycles. The minimum absolute atomic E-state index is 0.0557. The number of carbonyl (C=O) groups excluding carboxylic acids is 1. The van der Waals surface area contributed by atoms with Gasteiger partial charge in [0.25, 0.3) is 0 Å². The standard InChI is InChI=1S/C8H7F2N3O/c9-6-2-1-5(7(10)3-6)4-12-13-8(11)14/h1-4H,(H3,11,13,14)/b12-4+. The fraction of sp³-hybridized carbons (Fsp3) is 0. The first kappa shape index (κ1) is 10.1. The molecule has 0 spiro atoms. The highest BCUT2D eigenvalue weighted by atomic mass is 19.1. The van der Waals surface area contributed by atoms with Gasteiger partial charge in [-0.2, -0.15) is 5.10 Å². The zero-order chi connectivity index (χ0) is 10.6. The minimum Gasteiger partial charge on any atom is -0.350 e. The number of primary amides is 1. The minimum atomic E-state index is -0.858. The van der Waals surface area contributed by atoms with Crippen LogP contribution in [0.5, 0.6) is 0 Å². The number of nitrogens with zero attached hydrogens (tertiary/aromatic N) is 1. The molecule has 14 heavy (non-hydrogen) atoms. The van der Waals surface area contributed by atoms with E-state index in [0.717, 1.165) is 12.3 Å². The van der Waals surface area contributed by atoms with Gasteiger partial charge in [-0.3, -0.25) is 0 Å². The van der Waals surface area contributed by atoms with Crippen LogP contribution in [0.25, 0.3) is 0 Å². The van der Waals surface area contributed by atoms with E-state index in [1.54, 1.807) is 0 Å². The van der Waals surface area contributed by atoms with Gasteiger partial charge < -0.3 is 5.73 Å². The molecule has 2 amide bonds. The quantitative estimate of drug-likeness (QED) is 0.540. The monoisotopic (exact) mass is 199 g/mol. The van der Waals surface area contributed by atoms with Gasteiger partial charge in [0, 0.05) is 11.6 Å². The number of nitrogens with two attached hydrogens (primary N) is 1. The molecule has 0 bridgehead atoms. The zero-order valence-corrected chi connectivity index (χ0v) is 7.00. The topological polar surface area (TPSA) is 67.5 Å². The third-order valence-corrected chi connectivity index (χ3v) is 1.34. The molecule has 0 fully saturated rings. The first-order valence-electron chi connectivity index (χ1n) is 3.63. The summed E-state index contributed by atoms with van der Waals surface area (Å²) < 4.78 is 25.3. The summed E-state index contributed by atoms with van der Waals surface area (Å²) >= 11 is 0. The highest BCUT2D eigenvalue weighted by Gasteiger charge is 2.00. The molecule has 0 saturated carbocycles. The predicted octanol–water partition coefficient (Wildman–Crippen LogP) is 0.967. The molecule has 0 heterocycles. The number of amides is 2. The Labute approximate surface area is 78.4 Å². The maximum absolute atomic E-state index is 12.9. The van der Waals surface area contributed by atoms with E-state index < -0.39 is 17.7 Å². The number of hydrazone groups is 1. The fourth-order valence-corrected chi connectivity index (χ4v) is 0.772. The van der Waals surface area contributed by atoms with Crippen LogP contribution in [0.3, 0.4) is 0 Å². The van der Waals surface area contributed by atoms with Crippen molar-refractivity contribution in [2.24, 2.45) is 10.8 Å². The van der Waals surface area contributed by atoms with E-state index in [0.29, 0.717) is 6.07 Å². The lowest BCUT2D eigenvalue weighted by Gasteiger charge is -1.95. The van der Waals surface area contributed by atoms with E-state index in [4.69, 9.17) is 5.73 Å². The molecule has 1 aromatic carbocycles. The maximum Gasteiger partial charge on any atom is 0.332 e. The van der Waals surface area contributed by atoms with Crippen LogP contribution in [-0.4, -0.2) is 12.2 Å². The second-order valence-corrected chi connectivity index (χ2v) is 2.40. The lowest BCUT2D eigenvalue weighted by molar-refractivity contribution is 0.249. The number of carbonyl (C=O) groups is 1. The van der Waals surface area contributed by atoms with Crippen molar-refractivity contribution in [1.82, 2.24) is 5.43 Å². The third kappa shape index (κ3) is 2.81. The summed E-state index contributed by atoms with van der Waals surface area (Å²) in [7, 11) is 0. The Balaban J connectivity index is 2.76. The van der Waals surface area contributed by atoms with Crippen LogP contribution >= 0.6 is 0 Å². The predicted molar refractivity (Wildman–Crippen MR) is 46.7 cm³/mol. The number of benzene rings is 1. The Kier molecular flexibility index (Phi) is 3.11. The molecule has 0 aromatic heterocycles. The maximum atomic E-state index is 12.9. The lowest BCUT2D eigenvalue weighted by atomic mass is 10.2. The Morgan fingerprint density at radius 2 is 2.21 bits per heavy atom. The van der Waals surface area contributed by atoms with Crippen LogP contribution < -0.4 is 11.2 Å². The van der Waals surface area contributed by atoms with Gasteiger partial charge in [0.2, 0.25) is 0 Å². The van der Waals surface area contributed by atoms with Crippen molar-refractivity contribution in [2.45, 2.75) is 0 Å². The molecule has 0 atom stereocenters. The molecule has 0 unspecified atom stereocenters. The summed E-state index contributed by atoms with van der Waals surface area (Å²) in [6.45, 7) is 0. The Morgan fingerprint density at radius 3 is 2.79 bits per heavy atom. The van der Waals surface area contributed by atoms with Crippen LogP contribution in [0.1, 0.15) is 5.56 Å². The molecule has 0 aliphatic rings. The van der Waals surface area contributed by atoms with E-state index in [-0.39, 0.29) is 5.56 Å². The molecule has 4 nitrogen and oxygen atoms in total. The third-order valence-electron chi connectivity index (χ3n) is 1.34. The Morgan fingerprint density at radius 1 is 1.50 bits per heavy atom. The van der Waals surface area contributed by atoms with Crippen molar-refractivity contribution < 1.29 is 13.6 Å². The van der Waals surface area contributed by atoms with Gasteiger partial charge in [0.1, 0.15) is 11.6 Å². The van der Waals surface area contributed by atoms with Gasteiger partial charge in [-0.05, 0) is 12.1 Å². The highest BCUT2D eigenvalue weighted by Crippen LogP contribution is 2.06. The van der Waals surface area contributed by atoms with E-state index in [9.17, 15) is 13.6 Å². The second kappa shape index (κ2) is 4.31. The lowest BCUT2D eigenvalue weighted by Crippen LogP contribution is -2.24. The summed E-state index contributed by atoms with van der Waals surface area (Å²) in [6, 6.07) is 2.13. The van der Waals surface area contributed by atoms with Crippen molar-refractivity contribution in [3.8, 4) is 0 Å². The van der Waals surface area contributed by atoms with Gasteiger partial charge in [0.05, 0.1) is 6.21 Å². The molecule has 0 aliphatic heterocycles. The zero-order valence-electron chi connectivity index (χ0n) is 7.00. The summed E-state index contributed by atoms with van der Waals surface area (Å²) in [5.74, 6) is -1.44. The number of rotatable bonds is 2. The SMILES string of the molecule is NC(=O)N/N=C/c1ccc(F)cc1F. The Bertz CT molecular complexity index is 379. The molecular formula is C8H7F2N3O. The first-order chi connectivity index (χ1) is 6.59. The summed E-state index contributed by atoms with van der Waals surface area (Å²) in [5.41, 5.74) is 6.64. The number of nitrogens with one attached hydrogen (secondary N) is 1. The van der Waals surface area contributed by atoms with Crippen LogP contribution in [0.2, 0.25) is 0 Å². The van der Waals surface area contributed by atoms with Crippen LogP contribution in [0.15, 0.2) is 23.3 Å². The number of urea groups is 1. The van der Waals surface area contributed by atoms with Crippen molar-refractivity contribution in [3.63, 3.8) is 0 Å². The van der Waals surface area contributed by atoms with Crippen molar-refractivity contribution in [2.75, 3.05) is 0 Å². The second-order valence-electron chi connectivity index (χ2n) is 2.40. The van der Waals surface area contributed by atoms with Crippen molar-refractivity contribution >= 4 is 12.2 Å². The molecular weight excluding hydrogens is 192 g/mol. The molecule has 1 aromatic rings. The number of hydrogen-bond donors (Lipinski definition) is 2. The van der Waals surface area contributed by atoms with Gasteiger partial charge in [-0.15, -0.1) is 0 Å². The van der Waals surface area contributed by atoms with E-state index in [1.165, 1.54) is 6.07 Å². The van der Waals surface area contributed by atoms with Gasteiger partial charge in [-0.1, -0.05) is 0 Å². The van der Waals surface area contributed by atoms with Crippen LogP contribution in [-0.2, 0) is 0 Å². The summed E-state index contributed by atoms with van der Waals surface area (Å²) in [5, 5.41) is 3.32. The molecule has 6 heteroatoms. The van der Waals surface area contributed by atoms with Gasteiger partial charge in [-0.25, -0.2) is 19.0 Å². The first-order valence-corrected chi connectivity index (χ1v) is 3.63. The summed E-state index contributed by atoms with van der Waals surface area (Å²) in [4.78, 5) is 10.2. The van der Waals surface area contributed by atoms with Gasteiger partial charge in [0.15, 0.2) is 0 Å². The Hall–Kier alpha value is -1.98. The molecule has 74 valence electrons. The summed E-state index contributed by atoms with van der Waals surface area (Å²) in [6.07, 6.45) is 1.03. The van der Waals surface area contributed by atoms with Crippen LogP contribution in [0.4, 0.5) is 13.6 Å². The van der Waals surface area contributed by atoms with E-state index in [2.05, 4.69) is 5.10 Å². The molecule has 0 radical (unpaired) electrons. The van der Waals surface area contributed by atoms with Crippen LogP contribution in [0, 0.1) is 11.6 Å². The van der Waals surface area contributed by atoms with E-state index >= 15 is 0 Å². The fourth-order valence-electron chi connectivity index (χ4n) is 0.772. The van der Waals surface area contributed by atoms with E-state index in [1.807, 2.05) is 5.43 Å². The normalized spacial score (nSPS) is 10.4. The number of halogens is 2. The highest BCUT2D eigenvalue weighted by molar-refractivity contribution is 5.81. The molecule has 3 N–H and O–H groups in total. The average Bonchev–Trinajstić information content (AvgIpc) is 2.08. The van der Waals surface area contributed by atoms with Crippen molar-refractivity contribution in [3.05, 3.63) is 35.4 Å². The molecule has 1 rings (SSSR count).